The van der Waals surface area contributed by atoms with Gasteiger partial charge in [-0.1, -0.05) is 31.9 Å². The Kier molecular flexibility index (Phi) is 5.46. The average Bonchev–Trinajstić information content (AvgIpc) is 2.65. The molecule has 0 saturated carbocycles. The minimum atomic E-state index is -0.143. The van der Waals surface area contributed by atoms with Gasteiger partial charge in [0, 0.05) is 12.2 Å². The maximum atomic E-state index is 13.0. The number of nitrogen functional groups attached to an aromatic ring is 1. The fourth-order valence-corrected chi connectivity index (χ4v) is 2.92. The summed E-state index contributed by atoms with van der Waals surface area (Å²) >= 11 is 0. The number of anilines is 2. The molecule has 2 aromatic carbocycles. The number of fused-ring (bicyclic) bond motifs is 1. The van der Waals surface area contributed by atoms with Crippen LogP contribution in [0.15, 0.2) is 48.2 Å². The lowest BCUT2D eigenvalue weighted by Crippen LogP contribution is -2.38. The number of hydrogen-bond acceptors (Lipinski definition) is 4. The Bertz CT molecular complexity index is 813. The van der Waals surface area contributed by atoms with Crippen LogP contribution in [0, 0.1) is 0 Å². The fourth-order valence-electron chi connectivity index (χ4n) is 2.92. The van der Waals surface area contributed by atoms with Crippen molar-refractivity contribution in [3.8, 4) is 11.5 Å². The van der Waals surface area contributed by atoms with E-state index >= 15 is 0 Å². The van der Waals surface area contributed by atoms with Gasteiger partial charge in [0.15, 0.2) is 11.5 Å². The van der Waals surface area contributed by atoms with Gasteiger partial charge in [-0.15, -0.1) is 0 Å². The first-order valence-electron chi connectivity index (χ1n) is 8.87. The van der Waals surface area contributed by atoms with Crippen molar-refractivity contribution < 1.29 is 14.3 Å². The molecule has 0 atom stereocenters. The van der Waals surface area contributed by atoms with Crippen LogP contribution in [0.2, 0.25) is 0 Å². The Morgan fingerprint density at radius 1 is 1.15 bits per heavy atom. The van der Waals surface area contributed by atoms with Crippen LogP contribution in [0.4, 0.5) is 11.4 Å². The minimum Gasteiger partial charge on any atom is -0.497 e. The molecule has 136 valence electrons. The molecule has 0 spiro atoms. The SMILES string of the molecule is CCCCCN1C(=O)/C(=C\c2ccc(OC)cc2)Oc2ccc(N)cc21. The molecule has 0 radical (unpaired) electrons. The van der Waals surface area contributed by atoms with Gasteiger partial charge in [-0.3, -0.25) is 4.79 Å². The molecule has 26 heavy (non-hydrogen) atoms. The highest BCUT2D eigenvalue weighted by atomic mass is 16.5. The molecule has 0 fully saturated rings. The van der Waals surface area contributed by atoms with Gasteiger partial charge in [0.25, 0.3) is 5.91 Å². The predicted octanol–water partition coefficient (Wildman–Crippen LogP) is 4.23. The van der Waals surface area contributed by atoms with Crippen LogP contribution in [0.5, 0.6) is 11.5 Å². The second-order valence-electron chi connectivity index (χ2n) is 6.27. The maximum Gasteiger partial charge on any atom is 0.294 e. The highest BCUT2D eigenvalue weighted by molar-refractivity contribution is 6.10. The zero-order chi connectivity index (χ0) is 18.5. The lowest BCUT2D eigenvalue weighted by molar-refractivity contribution is -0.117. The summed E-state index contributed by atoms with van der Waals surface area (Å²) in [6, 6.07) is 12.9. The first kappa shape index (κ1) is 17.9. The van der Waals surface area contributed by atoms with Gasteiger partial charge in [-0.2, -0.15) is 0 Å². The van der Waals surface area contributed by atoms with E-state index in [1.807, 2.05) is 30.3 Å². The molecule has 5 nitrogen and oxygen atoms in total. The van der Waals surface area contributed by atoms with Crippen LogP contribution in [0.25, 0.3) is 6.08 Å². The molecule has 0 unspecified atom stereocenters. The van der Waals surface area contributed by atoms with Crippen LogP contribution in [0.1, 0.15) is 31.7 Å². The Morgan fingerprint density at radius 3 is 2.62 bits per heavy atom. The number of rotatable bonds is 6. The summed E-state index contributed by atoms with van der Waals surface area (Å²) in [5.74, 6) is 1.58. The number of methoxy groups -OCH3 is 1. The van der Waals surface area contributed by atoms with Crippen molar-refractivity contribution in [1.82, 2.24) is 0 Å². The predicted molar refractivity (Wildman–Crippen MR) is 104 cm³/mol. The lowest BCUT2D eigenvalue weighted by Gasteiger charge is -2.30. The quantitative estimate of drug-likeness (QED) is 0.480. The molecule has 0 aromatic heterocycles. The van der Waals surface area contributed by atoms with Crippen molar-refractivity contribution in [3.05, 3.63) is 53.8 Å². The van der Waals surface area contributed by atoms with E-state index < -0.39 is 0 Å². The molecule has 2 aromatic rings. The molecular weight excluding hydrogens is 328 g/mol. The minimum absolute atomic E-state index is 0.143. The normalized spacial score (nSPS) is 14.9. The van der Waals surface area contributed by atoms with Crippen LogP contribution >= 0.6 is 0 Å². The van der Waals surface area contributed by atoms with Gasteiger partial charge in [0.05, 0.1) is 12.8 Å². The Hall–Kier alpha value is -2.95. The number of ether oxygens (including phenoxy) is 2. The second kappa shape index (κ2) is 7.95. The van der Waals surface area contributed by atoms with Crippen LogP contribution in [-0.4, -0.2) is 19.6 Å². The van der Waals surface area contributed by atoms with Crippen LogP contribution in [-0.2, 0) is 4.79 Å². The topological polar surface area (TPSA) is 64.8 Å². The fraction of sp³-hybridized carbons (Fsp3) is 0.286. The standard InChI is InChI=1S/C21H24N2O3/c1-3-4-5-12-23-18-14-16(22)8-11-19(18)26-20(21(23)24)13-15-6-9-17(25-2)10-7-15/h6-11,13-14H,3-5,12,22H2,1-2H3/b20-13+. The number of carbonyl (C=O) groups excluding carboxylic acids is 1. The van der Waals surface area contributed by atoms with E-state index in [4.69, 9.17) is 15.2 Å². The third kappa shape index (κ3) is 3.82. The number of unbranched alkanes of at least 4 members (excludes halogenated alkanes) is 2. The Balaban J connectivity index is 1.93. The van der Waals surface area contributed by atoms with Crippen molar-refractivity contribution in [1.29, 1.82) is 0 Å². The summed E-state index contributed by atoms with van der Waals surface area (Å²) in [4.78, 5) is 14.8. The van der Waals surface area contributed by atoms with E-state index in [-0.39, 0.29) is 5.91 Å². The van der Waals surface area contributed by atoms with Gasteiger partial charge >= 0.3 is 0 Å². The first-order valence-corrected chi connectivity index (χ1v) is 8.87. The summed E-state index contributed by atoms with van der Waals surface area (Å²) in [7, 11) is 1.62. The van der Waals surface area contributed by atoms with Crippen molar-refractivity contribution in [3.63, 3.8) is 0 Å². The average molecular weight is 352 g/mol. The molecule has 2 N–H and O–H groups in total. The molecular formula is C21H24N2O3. The Morgan fingerprint density at radius 2 is 1.92 bits per heavy atom. The molecule has 0 aliphatic carbocycles. The Labute approximate surface area is 154 Å². The summed E-state index contributed by atoms with van der Waals surface area (Å²) < 4.78 is 11.1. The van der Waals surface area contributed by atoms with E-state index in [1.165, 1.54) is 0 Å². The second-order valence-corrected chi connectivity index (χ2v) is 6.27. The summed E-state index contributed by atoms with van der Waals surface area (Å²) in [5.41, 5.74) is 8.13. The van der Waals surface area contributed by atoms with E-state index in [0.29, 0.717) is 23.7 Å². The van der Waals surface area contributed by atoms with E-state index in [2.05, 4.69) is 6.92 Å². The zero-order valence-corrected chi connectivity index (χ0v) is 15.2. The van der Waals surface area contributed by atoms with Gasteiger partial charge < -0.3 is 20.1 Å². The zero-order valence-electron chi connectivity index (χ0n) is 15.2. The maximum absolute atomic E-state index is 13.0. The number of carbonyl (C=O) groups is 1. The molecule has 3 rings (SSSR count). The van der Waals surface area contributed by atoms with Crippen molar-refractivity contribution in [2.45, 2.75) is 26.2 Å². The number of nitrogens with zero attached hydrogens (tertiary/aromatic N) is 1. The lowest BCUT2D eigenvalue weighted by atomic mass is 10.1. The van der Waals surface area contributed by atoms with Gasteiger partial charge in [0.2, 0.25) is 0 Å². The highest BCUT2D eigenvalue weighted by Gasteiger charge is 2.30. The summed E-state index contributed by atoms with van der Waals surface area (Å²) in [6.07, 6.45) is 4.86. The molecule has 1 amide bonds. The van der Waals surface area contributed by atoms with Gasteiger partial charge in [-0.05, 0) is 48.4 Å². The number of benzene rings is 2. The molecule has 1 aliphatic heterocycles. The number of nitrogens with two attached hydrogens (primary N) is 1. The highest BCUT2D eigenvalue weighted by Crippen LogP contribution is 2.37. The molecule has 0 bridgehead atoms. The molecule has 1 aliphatic rings. The number of amides is 1. The van der Waals surface area contributed by atoms with E-state index in [9.17, 15) is 4.79 Å². The van der Waals surface area contributed by atoms with Crippen LogP contribution < -0.4 is 20.1 Å². The van der Waals surface area contributed by atoms with Crippen molar-refractivity contribution in [2.24, 2.45) is 0 Å². The van der Waals surface area contributed by atoms with Gasteiger partial charge in [0.1, 0.15) is 5.75 Å². The molecule has 0 saturated heterocycles. The molecule has 5 heteroatoms. The van der Waals surface area contributed by atoms with Crippen molar-refractivity contribution >= 4 is 23.4 Å². The summed E-state index contributed by atoms with van der Waals surface area (Å²) in [6.45, 7) is 2.79. The van der Waals surface area contributed by atoms with E-state index in [1.54, 1.807) is 30.2 Å². The van der Waals surface area contributed by atoms with Crippen molar-refractivity contribution in [2.75, 3.05) is 24.3 Å². The number of hydrogen-bond donors (Lipinski definition) is 1. The van der Waals surface area contributed by atoms with Gasteiger partial charge in [-0.25, -0.2) is 0 Å². The van der Waals surface area contributed by atoms with E-state index in [0.717, 1.165) is 36.3 Å². The third-order valence-electron chi connectivity index (χ3n) is 4.35. The smallest absolute Gasteiger partial charge is 0.294 e. The third-order valence-corrected chi connectivity index (χ3v) is 4.35. The molecule has 1 heterocycles. The summed E-state index contributed by atoms with van der Waals surface area (Å²) in [5, 5.41) is 0. The monoisotopic (exact) mass is 352 g/mol. The first-order chi connectivity index (χ1) is 12.6. The largest absolute Gasteiger partial charge is 0.497 e. The van der Waals surface area contributed by atoms with Crippen LogP contribution in [0.3, 0.4) is 0 Å².